The molecule has 1 heterocycles. The van der Waals surface area contributed by atoms with Crippen molar-refractivity contribution < 1.29 is 9.59 Å². The van der Waals surface area contributed by atoms with Gasteiger partial charge < -0.3 is 5.73 Å². The highest BCUT2D eigenvalue weighted by molar-refractivity contribution is 7.80. The number of amides is 2. The van der Waals surface area contributed by atoms with Crippen molar-refractivity contribution in [3.05, 3.63) is 0 Å². The molecule has 2 aliphatic rings. The first-order valence-electron chi connectivity index (χ1n) is 6.00. The number of thiocarbonyl (C=S) groups is 1. The molecule has 0 aromatic carbocycles. The molecule has 2 amide bonds. The van der Waals surface area contributed by atoms with Crippen LogP contribution in [0.1, 0.15) is 33.1 Å². The van der Waals surface area contributed by atoms with Crippen LogP contribution in [-0.4, -0.2) is 28.2 Å². The lowest BCUT2D eigenvalue weighted by Gasteiger charge is -2.21. The number of imide groups is 1. The number of nitrogens with zero attached hydrogens (tertiary/aromatic N) is 1. The number of carbonyl (C=O) groups is 2. The minimum atomic E-state index is -0.192. The van der Waals surface area contributed by atoms with Gasteiger partial charge in [-0.05, 0) is 18.3 Å². The molecule has 0 radical (unpaired) electrons. The maximum absolute atomic E-state index is 12.0. The van der Waals surface area contributed by atoms with E-state index in [0.29, 0.717) is 18.0 Å². The fourth-order valence-corrected chi connectivity index (χ4v) is 2.76. The van der Waals surface area contributed by atoms with Crippen LogP contribution in [0.4, 0.5) is 0 Å². The summed E-state index contributed by atoms with van der Waals surface area (Å²) < 4.78 is 0. The molecule has 2 atom stereocenters. The molecule has 2 unspecified atom stereocenters. The Morgan fingerprint density at radius 3 is 2.18 bits per heavy atom. The van der Waals surface area contributed by atoms with Crippen LogP contribution in [-0.2, 0) is 9.59 Å². The van der Waals surface area contributed by atoms with E-state index in [0.717, 1.165) is 12.8 Å². The molecule has 2 rings (SSSR count). The quantitative estimate of drug-likeness (QED) is 0.602. The second-order valence-electron chi connectivity index (χ2n) is 5.48. The lowest BCUT2D eigenvalue weighted by Crippen LogP contribution is -2.37. The predicted octanol–water partition coefficient (Wildman–Crippen LogP) is 1.08. The van der Waals surface area contributed by atoms with Gasteiger partial charge in [-0.3, -0.25) is 14.5 Å². The topological polar surface area (TPSA) is 63.4 Å². The Hall–Kier alpha value is -0.970. The van der Waals surface area contributed by atoms with Gasteiger partial charge in [-0.1, -0.05) is 26.1 Å². The van der Waals surface area contributed by atoms with Crippen molar-refractivity contribution in [3.63, 3.8) is 0 Å². The minimum absolute atomic E-state index is 0.0130. The second kappa shape index (κ2) is 4.05. The molecule has 5 heteroatoms. The van der Waals surface area contributed by atoms with Crippen LogP contribution in [0, 0.1) is 17.3 Å². The number of carbonyl (C=O) groups excluding carboxylic acids is 2. The lowest BCUT2D eigenvalue weighted by molar-refractivity contribution is -0.140. The van der Waals surface area contributed by atoms with Crippen molar-refractivity contribution in [1.29, 1.82) is 0 Å². The highest BCUT2D eigenvalue weighted by Crippen LogP contribution is 2.50. The largest absolute Gasteiger partial charge is 0.393 e. The molecule has 1 aliphatic heterocycles. The third-order valence-corrected chi connectivity index (χ3v) is 4.21. The number of rotatable bonds is 4. The molecule has 1 aliphatic carbocycles. The molecule has 1 saturated heterocycles. The van der Waals surface area contributed by atoms with Crippen LogP contribution in [0.2, 0.25) is 0 Å². The maximum atomic E-state index is 12.0. The zero-order chi connectivity index (χ0) is 12.8. The molecule has 94 valence electrons. The zero-order valence-electron chi connectivity index (χ0n) is 10.2. The molecular formula is C12H18N2O2S. The first kappa shape index (κ1) is 12.5. The highest BCUT2D eigenvalue weighted by atomic mass is 32.1. The zero-order valence-corrected chi connectivity index (χ0v) is 11.0. The van der Waals surface area contributed by atoms with E-state index >= 15 is 0 Å². The van der Waals surface area contributed by atoms with Gasteiger partial charge >= 0.3 is 0 Å². The fourth-order valence-electron chi connectivity index (χ4n) is 2.46. The van der Waals surface area contributed by atoms with E-state index in [1.54, 1.807) is 0 Å². The summed E-state index contributed by atoms with van der Waals surface area (Å²) in [6, 6.07) is 0. The molecule has 2 N–H and O–H groups in total. The van der Waals surface area contributed by atoms with E-state index in [-0.39, 0.29) is 29.1 Å². The van der Waals surface area contributed by atoms with Crippen LogP contribution in [0.25, 0.3) is 0 Å². The van der Waals surface area contributed by atoms with Crippen LogP contribution < -0.4 is 5.73 Å². The summed E-state index contributed by atoms with van der Waals surface area (Å²) in [6.45, 7) is 4.13. The van der Waals surface area contributed by atoms with Crippen molar-refractivity contribution in [2.24, 2.45) is 23.0 Å². The minimum Gasteiger partial charge on any atom is -0.393 e. The standard InChI is InChI=1S/C12H18N2O2S/c1-7-8(2)11(16)14(10(7)15)6-12(3-4-12)5-9(13)17/h7-8H,3-6H2,1-2H3,(H2,13,17). The van der Waals surface area contributed by atoms with Gasteiger partial charge in [0.1, 0.15) is 0 Å². The molecule has 2 fully saturated rings. The van der Waals surface area contributed by atoms with Crippen molar-refractivity contribution in [2.45, 2.75) is 33.1 Å². The van der Waals surface area contributed by atoms with Crippen LogP contribution in [0.15, 0.2) is 0 Å². The molecule has 0 aromatic rings. The average Bonchev–Trinajstić information content (AvgIpc) is 2.97. The number of hydrogen-bond donors (Lipinski definition) is 1. The molecule has 0 aromatic heterocycles. The van der Waals surface area contributed by atoms with Crippen molar-refractivity contribution in [1.82, 2.24) is 4.90 Å². The Morgan fingerprint density at radius 2 is 1.82 bits per heavy atom. The lowest BCUT2D eigenvalue weighted by atomic mass is 10.00. The van der Waals surface area contributed by atoms with Gasteiger partial charge in [0.25, 0.3) is 0 Å². The summed E-state index contributed by atoms with van der Waals surface area (Å²) in [6.07, 6.45) is 2.65. The van der Waals surface area contributed by atoms with E-state index in [9.17, 15) is 9.59 Å². The van der Waals surface area contributed by atoms with E-state index in [2.05, 4.69) is 0 Å². The monoisotopic (exact) mass is 254 g/mol. The van der Waals surface area contributed by atoms with E-state index < -0.39 is 0 Å². The second-order valence-corrected chi connectivity index (χ2v) is 6.01. The van der Waals surface area contributed by atoms with Crippen molar-refractivity contribution >= 4 is 29.0 Å². The average molecular weight is 254 g/mol. The van der Waals surface area contributed by atoms with Crippen LogP contribution in [0.5, 0.6) is 0 Å². The molecule has 4 nitrogen and oxygen atoms in total. The van der Waals surface area contributed by atoms with Gasteiger partial charge in [-0.15, -0.1) is 0 Å². The third kappa shape index (κ3) is 2.20. The summed E-state index contributed by atoms with van der Waals surface area (Å²) in [4.78, 5) is 25.8. The number of nitrogens with two attached hydrogens (primary N) is 1. The van der Waals surface area contributed by atoms with Gasteiger partial charge in [0.15, 0.2) is 0 Å². The van der Waals surface area contributed by atoms with Gasteiger partial charge in [0, 0.05) is 24.8 Å². The van der Waals surface area contributed by atoms with Gasteiger partial charge in [-0.2, -0.15) is 0 Å². The Balaban J connectivity index is 2.07. The number of likely N-dealkylation sites (tertiary alicyclic amines) is 1. The maximum Gasteiger partial charge on any atom is 0.232 e. The summed E-state index contributed by atoms with van der Waals surface area (Å²) >= 11 is 4.92. The first-order chi connectivity index (χ1) is 7.86. The molecule has 1 saturated carbocycles. The van der Waals surface area contributed by atoms with Gasteiger partial charge in [-0.25, -0.2) is 0 Å². The normalized spacial score (nSPS) is 30.8. The Labute approximate surface area is 107 Å². The van der Waals surface area contributed by atoms with Gasteiger partial charge in [0.2, 0.25) is 11.8 Å². The molecule has 17 heavy (non-hydrogen) atoms. The molecular weight excluding hydrogens is 236 g/mol. The first-order valence-corrected chi connectivity index (χ1v) is 6.41. The summed E-state index contributed by atoms with van der Waals surface area (Å²) in [5, 5.41) is 0. The smallest absolute Gasteiger partial charge is 0.232 e. The number of hydrogen-bond acceptors (Lipinski definition) is 3. The van der Waals surface area contributed by atoms with Crippen molar-refractivity contribution in [2.75, 3.05) is 6.54 Å². The van der Waals surface area contributed by atoms with Crippen molar-refractivity contribution in [3.8, 4) is 0 Å². The predicted molar refractivity (Wildman–Crippen MR) is 68.1 cm³/mol. The summed E-state index contributed by atoms with van der Waals surface area (Å²) in [7, 11) is 0. The summed E-state index contributed by atoms with van der Waals surface area (Å²) in [5.41, 5.74) is 5.55. The Bertz CT molecular complexity index is 370. The molecule has 0 spiro atoms. The van der Waals surface area contributed by atoms with Crippen LogP contribution in [0.3, 0.4) is 0 Å². The fraction of sp³-hybridized carbons (Fsp3) is 0.750. The van der Waals surface area contributed by atoms with E-state index in [1.807, 2.05) is 13.8 Å². The third-order valence-electron chi connectivity index (χ3n) is 4.06. The highest BCUT2D eigenvalue weighted by Gasteiger charge is 2.50. The van der Waals surface area contributed by atoms with E-state index in [1.165, 1.54) is 4.90 Å². The Morgan fingerprint density at radius 1 is 1.35 bits per heavy atom. The SMILES string of the molecule is CC1C(=O)N(CC2(CC(N)=S)CC2)C(=O)C1C. The molecule has 0 bridgehead atoms. The Kier molecular flexibility index (Phi) is 2.97. The van der Waals surface area contributed by atoms with E-state index in [4.69, 9.17) is 18.0 Å². The summed E-state index contributed by atoms with van der Waals surface area (Å²) in [5.74, 6) is -0.473. The van der Waals surface area contributed by atoms with Gasteiger partial charge in [0.05, 0.1) is 4.99 Å². The van der Waals surface area contributed by atoms with Crippen LogP contribution >= 0.6 is 12.2 Å².